The second kappa shape index (κ2) is 5.05. The molecule has 2 aromatic rings. The molecule has 0 N–H and O–H groups in total. The van der Waals surface area contributed by atoms with Crippen LogP contribution < -0.4 is 9.64 Å². The fourth-order valence-electron chi connectivity index (χ4n) is 2.02. The standard InChI is InChI=1S/C14H12ClFN2O/c15-14-7-11(5-6-17-14)18-8-13(9-18)19-12-3-1-10(16)2-4-12/h1-7,13H,8-9H2. The van der Waals surface area contributed by atoms with Crippen LogP contribution in [0, 0.1) is 5.82 Å². The number of halogens is 2. The molecule has 0 unspecified atom stereocenters. The number of rotatable bonds is 3. The van der Waals surface area contributed by atoms with E-state index in [1.807, 2.05) is 12.1 Å². The van der Waals surface area contributed by atoms with Crippen molar-refractivity contribution < 1.29 is 9.13 Å². The van der Waals surface area contributed by atoms with Crippen LogP contribution in [-0.4, -0.2) is 24.2 Å². The van der Waals surface area contributed by atoms with Gasteiger partial charge in [0.15, 0.2) is 0 Å². The topological polar surface area (TPSA) is 25.4 Å². The molecule has 19 heavy (non-hydrogen) atoms. The highest BCUT2D eigenvalue weighted by Crippen LogP contribution is 2.25. The highest BCUT2D eigenvalue weighted by Gasteiger charge is 2.28. The van der Waals surface area contributed by atoms with Crippen LogP contribution in [0.3, 0.4) is 0 Å². The zero-order valence-electron chi connectivity index (χ0n) is 10.1. The molecule has 1 fully saturated rings. The lowest BCUT2D eigenvalue weighted by Crippen LogP contribution is -2.54. The molecule has 0 atom stereocenters. The van der Waals surface area contributed by atoms with E-state index in [9.17, 15) is 4.39 Å². The van der Waals surface area contributed by atoms with Crippen LogP contribution in [0.1, 0.15) is 0 Å². The number of anilines is 1. The molecule has 1 aromatic heterocycles. The number of pyridine rings is 1. The Morgan fingerprint density at radius 3 is 2.63 bits per heavy atom. The Labute approximate surface area is 115 Å². The second-order valence-electron chi connectivity index (χ2n) is 4.44. The molecule has 0 saturated carbocycles. The van der Waals surface area contributed by atoms with Crippen LogP contribution in [0.4, 0.5) is 10.1 Å². The summed E-state index contributed by atoms with van der Waals surface area (Å²) in [6.45, 7) is 1.58. The van der Waals surface area contributed by atoms with Crippen molar-refractivity contribution in [2.75, 3.05) is 18.0 Å². The molecule has 0 amide bonds. The van der Waals surface area contributed by atoms with Gasteiger partial charge in [0, 0.05) is 11.9 Å². The van der Waals surface area contributed by atoms with Crippen LogP contribution >= 0.6 is 11.6 Å². The lowest BCUT2D eigenvalue weighted by atomic mass is 10.1. The Kier molecular flexibility index (Phi) is 3.25. The van der Waals surface area contributed by atoms with Crippen LogP contribution in [0.5, 0.6) is 5.75 Å². The van der Waals surface area contributed by atoms with Crippen LogP contribution in [-0.2, 0) is 0 Å². The van der Waals surface area contributed by atoms with E-state index in [2.05, 4.69) is 9.88 Å². The van der Waals surface area contributed by atoms with Crippen molar-refractivity contribution in [3.63, 3.8) is 0 Å². The predicted molar refractivity (Wildman–Crippen MR) is 72.3 cm³/mol. The van der Waals surface area contributed by atoms with Gasteiger partial charge in [0.25, 0.3) is 0 Å². The molecule has 0 bridgehead atoms. The summed E-state index contributed by atoms with van der Waals surface area (Å²) >= 11 is 5.85. The largest absolute Gasteiger partial charge is 0.487 e. The maximum atomic E-state index is 12.8. The van der Waals surface area contributed by atoms with Gasteiger partial charge in [0.05, 0.1) is 13.1 Å². The maximum absolute atomic E-state index is 12.8. The van der Waals surface area contributed by atoms with Gasteiger partial charge in [-0.25, -0.2) is 9.37 Å². The predicted octanol–water partition coefficient (Wildman–Crippen LogP) is 3.14. The van der Waals surface area contributed by atoms with E-state index in [0.29, 0.717) is 10.9 Å². The van der Waals surface area contributed by atoms with E-state index in [1.54, 1.807) is 18.3 Å². The van der Waals surface area contributed by atoms with E-state index < -0.39 is 0 Å². The molecule has 98 valence electrons. The molecule has 1 saturated heterocycles. The average Bonchev–Trinajstić information content (AvgIpc) is 2.35. The molecule has 1 aliphatic heterocycles. The van der Waals surface area contributed by atoms with Crippen molar-refractivity contribution in [1.29, 1.82) is 0 Å². The Bertz CT molecular complexity index is 570. The molecule has 0 aliphatic carbocycles. The van der Waals surface area contributed by atoms with E-state index in [1.165, 1.54) is 12.1 Å². The summed E-state index contributed by atoms with van der Waals surface area (Å²) in [5, 5.41) is 0.486. The Hall–Kier alpha value is -1.81. The third kappa shape index (κ3) is 2.79. The summed E-state index contributed by atoms with van der Waals surface area (Å²) in [7, 11) is 0. The second-order valence-corrected chi connectivity index (χ2v) is 4.82. The van der Waals surface area contributed by atoms with E-state index >= 15 is 0 Å². The highest BCUT2D eigenvalue weighted by molar-refractivity contribution is 6.29. The van der Waals surface area contributed by atoms with Crippen molar-refractivity contribution in [1.82, 2.24) is 4.98 Å². The molecule has 5 heteroatoms. The summed E-state index contributed by atoms with van der Waals surface area (Å²) in [6, 6.07) is 9.82. The SMILES string of the molecule is Fc1ccc(OC2CN(c3ccnc(Cl)c3)C2)cc1. The smallest absolute Gasteiger partial charge is 0.133 e. The third-order valence-corrected chi connectivity index (χ3v) is 3.25. The molecule has 1 aliphatic rings. The van der Waals surface area contributed by atoms with E-state index in [4.69, 9.17) is 16.3 Å². The van der Waals surface area contributed by atoms with Gasteiger partial charge in [-0.15, -0.1) is 0 Å². The highest BCUT2D eigenvalue weighted by atomic mass is 35.5. The van der Waals surface area contributed by atoms with Crippen molar-refractivity contribution in [2.45, 2.75) is 6.10 Å². The van der Waals surface area contributed by atoms with Crippen molar-refractivity contribution in [3.8, 4) is 5.75 Å². The minimum atomic E-state index is -0.256. The summed E-state index contributed by atoms with van der Waals surface area (Å²) in [5.74, 6) is 0.438. The summed E-state index contributed by atoms with van der Waals surface area (Å²) < 4.78 is 18.5. The number of hydrogen-bond donors (Lipinski definition) is 0. The lowest BCUT2D eigenvalue weighted by molar-refractivity contribution is 0.167. The normalized spacial score (nSPS) is 15.2. The van der Waals surface area contributed by atoms with Crippen LogP contribution in [0.25, 0.3) is 0 Å². The molecule has 0 spiro atoms. The van der Waals surface area contributed by atoms with Gasteiger partial charge in [-0.2, -0.15) is 0 Å². The van der Waals surface area contributed by atoms with Gasteiger partial charge in [0.1, 0.15) is 22.8 Å². The van der Waals surface area contributed by atoms with E-state index in [0.717, 1.165) is 18.8 Å². The summed E-state index contributed by atoms with van der Waals surface area (Å²) in [6.07, 6.45) is 1.81. The molecule has 1 aromatic carbocycles. The molecular weight excluding hydrogens is 267 g/mol. The molecule has 2 heterocycles. The molecule has 0 radical (unpaired) electrons. The number of hydrogen-bond acceptors (Lipinski definition) is 3. The number of aromatic nitrogens is 1. The molecule has 3 rings (SSSR count). The van der Waals surface area contributed by atoms with Gasteiger partial charge in [-0.1, -0.05) is 11.6 Å². The van der Waals surface area contributed by atoms with Gasteiger partial charge in [-0.05, 0) is 36.4 Å². The first-order chi connectivity index (χ1) is 9.20. The first-order valence-electron chi connectivity index (χ1n) is 5.99. The maximum Gasteiger partial charge on any atom is 0.133 e. The van der Waals surface area contributed by atoms with Crippen molar-refractivity contribution >= 4 is 17.3 Å². The van der Waals surface area contributed by atoms with E-state index in [-0.39, 0.29) is 11.9 Å². The Morgan fingerprint density at radius 1 is 1.21 bits per heavy atom. The molecular formula is C14H12ClFN2O. The summed E-state index contributed by atoms with van der Waals surface area (Å²) in [4.78, 5) is 6.10. The fourth-order valence-corrected chi connectivity index (χ4v) is 2.19. The average molecular weight is 279 g/mol. The third-order valence-electron chi connectivity index (χ3n) is 3.04. The summed E-state index contributed by atoms with van der Waals surface area (Å²) in [5.41, 5.74) is 1.04. The monoisotopic (exact) mass is 278 g/mol. The number of benzene rings is 1. The molecule has 3 nitrogen and oxygen atoms in total. The number of ether oxygens (including phenoxy) is 1. The van der Waals surface area contributed by atoms with Gasteiger partial charge >= 0.3 is 0 Å². The van der Waals surface area contributed by atoms with Crippen LogP contribution in [0.2, 0.25) is 5.15 Å². The Morgan fingerprint density at radius 2 is 1.95 bits per heavy atom. The lowest BCUT2D eigenvalue weighted by Gasteiger charge is -2.40. The van der Waals surface area contributed by atoms with Gasteiger partial charge in [-0.3, -0.25) is 0 Å². The van der Waals surface area contributed by atoms with Crippen molar-refractivity contribution in [2.24, 2.45) is 0 Å². The van der Waals surface area contributed by atoms with Crippen LogP contribution in [0.15, 0.2) is 42.6 Å². The number of nitrogens with zero attached hydrogens (tertiary/aromatic N) is 2. The van der Waals surface area contributed by atoms with Gasteiger partial charge in [0.2, 0.25) is 0 Å². The fraction of sp³-hybridized carbons (Fsp3) is 0.214. The first kappa shape index (κ1) is 12.2. The van der Waals surface area contributed by atoms with Gasteiger partial charge < -0.3 is 9.64 Å². The zero-order valence-corrected chi connectivity index (χ0v) is 10.8. The minimum absolute atomic E-state index is 0.123. The first-order valence-corrected chi connectivity index (χ1v) is 6.37. The van der Waals surface area contributed by atoms with Crippen molar-refractivity contribution in [3.05, 3.63) is 53.6 Å². The minimum Gasteiger partial charge on any atom is -0.487 e. The quantitative estimate of drug-likeness (QED) is 0.807. The zero-order chi connectivity index (χ0) is 13.2. The Balaban J connectivity index is 1.57.